The number of hydrogen-bond acceptors (Lipinski definition) is 5. The van der Waals surface area contributed by atoms with Crippen LogP contribution in [0.2, 0.25) is 0 Å². The number of methoxy groups -OCH3 is 1. The minimum atomic E-state index is -1.02. The molecule has 0 spiro atoms. The van der Waals surface area contributed by atoms with Crippen LogP contribution in [-0.4, -0.2) is 39.5 Å². The van der Waals surface area contributed by atoms with E-state index < -0.39 is 11.9 Å². The number of phenolic OH excluding ortho intramolecular Hbond substituents is 2. The SMILES string of the molecule is COc1cc(/C=C/C(=O)O)ccc1O.O=C(O)/C=C/c1ccc(O)cc1. The second-order valence-corrected chi connectivity index (χ2v) is 4.87. The third-order valence-corrected chi connectivity index (χ3v) is 2.93. The fraction of sp³-hybridized carbons (Fsp3) is 0.0526. The van der Waals surface area contributed by atoms with Crippen molar-refractivity contribution < 1.29 is 34.8 Å². The number of aliphatic carboxylic acids is 2. The van der Waals surface area contributed by atoms with Crippen LogP contribution in [0.1, 0.15) is 11.1 Å². The van der Waals surface area contributed by atoms with E-state index in [1.54, 1.807) is 24.3 Å². The molecule has 0 radical (unpaired) electrons. The first-order valence-electron chi connectivity index (χ1n) is 7.30. The second kappa shape index (κ2) is 10.2. The largest absolute Gasteiger partial charge is 0.508 e. The van der Waals surface area contributed by atoms with Crippen LogP contribution >= 0.6 is 0 Å². The number of ether oxygens (including phenoxy) is 1. The fourth-order valence-corrected chi connectivity index (χ4v) is 1.72. The number of phenols is 2. The van der Waals surface area contributed by atoms with Gasteiger partial charge in [0.05, 0.1) is 7.11 Å². The summed E-state index contributed by atoms with van der Waals surface area (Å²) in [4.78, 5) is 20.3. The molecule has 0 atom stereocenters. The molecule has 0 aliphatic heterocycles. The lowest BCUT2D eigenvalue weighted by Crippen LogP contribution is -1.87. The average Bonchev–Trinajstić information content (AvgIpc) is 2.61. The van der Waals surface area contributed by atoms with Gasteiger partial charge in [0.2, 0.25) is 0 Å². The summed E-state index contributed by atoms with van der Waals surface area (Å²) in [6.45, 7) is 0. The van der Waals surface area contributed by atoms with E-state index in [9.17, 15) is 14.7 Å². The molecule has 26 heavy (non-hydrogen) atoms. The third-order valence-electron chi connectivity index (χ3n) is 2.93. The van der Waals surface area contributed by atoms with Gasteiger partial charge in [-0.25, -0.2) is 9.59 Å². The van der Waals surface area contributed by atoms with Crippen LogP contribution in [-0.2, 0) is 9.59 Å². The first-order chi connectivity index (χ1) is 12.3. The zero-order valence-corrected chi connectivity index (χ0v) is 13.9. The molecule has 0 saturated heterocycles. The van der Waals surface area contributed by atoms with Gasteiger partial charge in [-0.15, -0.1) is 0 Å². The first-order valence-corrected chi connectivity index (χ1v) is 7.30. The van der Waals surface area contributed by atoms with Crippen LogP contribution in [0.3, 0.4) is 0 Å². The molecule has 0 amide bonds. The van der Waals surface area contributed by atoms with Crippen LogP contribution in [0, 0.1) is 0 Å². The van der Waals surface area contributed by atoms with Gasteiger partial charge >= 0.3 is 11.9 Å². The Balaban J connectivity index is 0.000000263. The van der Waals surface area contributed by atoms with Crippen molar-refractivity contribution in [2.24, 2.45) is 0 Å². The van der Waals surface area contributed by atoms with Crippen molar-refractivity contribution in [1.82, 2.24) is 0 Å². The number of hydrogen-bond donors (Lipinski definition) is 4. The molecule has 136 valence electrons. The molecule has 7 heteroatoms. The molecular formula is C19H18O7. The standard InChI is InChI=1S/C10H10O4.C9H8O3/c1-14-9-6-7(2-4-8(9)11)3-5-10(12)13;10-8-4-1-7(2-5-8)3-6-9(11)12/h2-6,11H,1H3,(H,12,13);1-6,10H,(H,11,12)/b5-3+;6-3+. The summed E-state index contributed by atoms with van der Waals surface area (Å²) in [7, 11) is 1.43. The van der Waals surface area contributed by atoms with E-state index in [-0.39, 0.29) is 11.5 Å². The van der Waals surface area contributed by atoms with Crippen molar-refractivity contribution in [1.29, 1.82) is 0 Å². The van der Waals surface area contributed by atoms with E-state index in [4.69, 9.17) is 20.1 Å². The maximum absolute atomic E-state index is 10.2. The number of carboxylic acids is 2. The molecule has 0 aromatic heterocycles. The summed E-state index contributed by atoms with van der Waals surface area (Å²) in [5.41, 5.74) is 1.40. The highest BCUT2D eigenvalue weighted by atomic mass is 16.5. The highest BCUT2D eigenvalue weighted by Gasteiger charge is 2.00. The van der Waals surface area contributed by atoms with Crippen LogP contribution in [0.5, 0.6) is 17.2 Å². The van der Waals surface area contributed by atoms with Crippen molar-refractivity contribution in [2.75, 3.05) is 7.11 Å². The van der Waals surface area contributed by atoms with Gasteiger partial charge in [0.25, 0.3) is 0 Å². The number of carboxylic acid groups (broad SMARTS) is 2. The highest BCUT2D eigenvalue weighted by Crippen LogP contribution is 2.26. The second-order valence-electron chi connectivity index (χ2n) is 4.87. The van der Waals surface area contributed by atoms with Gasteiger partial charge in [0.1, 0.15) is 5.75 Å². The molecule has 0 bridgehead atoms. The van der Waals surface area contributed by atoms with Gasteiger partial charge in [0.15, 0.2) is 11.5 Å². The van der Waals surface area contributed by atoms with E-state index >= 15 is 0 Å². The summed E-state index contributed by atoms with van der Waals surface area (Å²) >= 11 is 0. The Labute approximate surface area is 149 Å². The van der Waals surface area contributed by atoms with Crippen molar-refractivity contribution in [3.8, 4) is 17.2 Å². The van der Waals surface area contributed by atoms with Gasteiger partial charge in [-0.1, -0.05) is 18.2 Å². The predicted octanol–water partition coefficient (Wildman–Crippen LogP) is 2.99. The van der Waals surface area contributed by atoms with Crippen molar-refractivity contribution in [2.45, 2.75) is 0 Å². The minimum Gasteiger partial charge on any atom is -0.508 e. The maximum Gasteiger partial charge on any atom is 0.328 e. The van der Waals surface area contributed by atoms with Gasteiger partial charge < -0.3 is 25.2 Å². The summed E-state index contributed by atoms with van der Waals surface area (Å²) in [5.74, 6) is -1.49. The zero-order valence-electron chi connectivity index (χ0n) is 13.9. The molecule has 0 saturated carbocycles. The van der Waals surface area contributed by atoms with Crippen LogP contribution in [0.4, 0.5) is 0 Å². The maximum atomic E-state index is 10.2. The van der Waals surface area contributed by atoms with E-state index in [0.29, 0.717) is 11.3 Å². The topological polar surface area (TPSA) is 124 Å². The Kier molecular flexibility index (Phi) is 7.96. The summed E-state index contributed by atoms with van der Waals surface area (Å²) in [6, 6.07) is 10.9. The Morgan fingerprint density at radius 2 is 1.35 bits per heavy atom. The van der Waals surface area contributed by atoms with Crippen LogP contribution in [0.25, 0.3) is 12.2 Å². The number of rotatable bonds is 5. The summed E-state index contributed by atoms with van der Waals surface area (Å²) < 4.78 is 4.86. The Bertz CT molecular complexity index is 805. The number of carbonyl (C=O) groups is 2. The van der Waals surface area contributed by atoms with E-state index in [1.165, 1.54) is 37.5 Å². The molecule has 0 aliphatic rings. The predicted molar refractivity (Wildman–Crippen MR) is 96.1 cm³/mol. The molecule has 0 heterocycles. The lowest BCUT2D eigenvalue weighted by molar-refractivity contribution is -0.132. The van der Waals surface area contributed by atoms with Gasteiger partial charge in [-0.2, -0.15) is 0 Å². The molecular weight excluding hydrogens is 340 g/mol. The molecule has 2 aromatic rings. The monoisotopic (exact) mass is 358 g/mol. The lowest BCUT2D eigenvalue weighted by Gasteiger charge is -2.03. The molecule has 0 fully saturated rings. The first kappa shape index (κ1) is 20.3. The zero-order chi connectivity index (χ0) is 19.5. The smallest absolute Gasteiger partial charge is 0.328 e. The average molecular weight is 358 g/mol. The normalized spacial score (nSPS) is 10.3. The minimum absolute atomic E-state index is 0.0278. The fourth-order valence-electron chi connectivity index (χ4n) is 1.72. The molecule has 7 nitrogen and oxygen atoms in total. The molecule has 2 rings (SSSR count). The van der Waals surface area contributed by atoms with Crippen molar-refractivity contribution in [3.63, 3.8) is 0 Å². The summed E-state index contributed by atoms with van der Waals surface area (Å²) in [5, 5.41) is 34.8. The quantitative estimate of drug-likeness (QED) is 0.606. The lowest BCUT2D eigenvalue weighted by atomic mass is 10.2. The third kappa shape index (κ3) is 7.69. The van der Waals surface area contributed by atoms with Crippen LogP contribution < -0.4 is 4.74 Å². The van der Waals surface area contributed by atoms with E-state index in [0.717, 1.165) is 17.7 Å². The number of benzene rings is 2. The van der Waals surface area contributed by atoms with E-state index in [2.05, 4.69) is 0 Å². The molecule has 4 N–H and O–H groups in total. The molecule has 2 aromatic carbocycles. The molecule has 0 unspecified atom stereocenters. The van der Waals surface area contributed by atoms with E-state index in [1.807, 2.05) is 0 Å². The Hall–Kier alpha value is -3.74. The van der Waals surface area contributed by atoms with Crippen LogP contribution in [0.15, 0.2) is 54.6 Å². The van der Waals surface area contributed by atoms with Gasteiger partial charge in [0, 0.05) is 12.2 Å². The van der Waals surface area contributed by atoms with Gasteiger partial charge in [-0.3, -0.25) is 0 Å². The summed E-state index contributed by atoms with van der Waals surface area (Å²) in [6.07, 6.45) is 4.95. The Morgan fingerprint density at radius 3 is 1.85 bits per heavy atom. The number of aromatic hydroxyl groups is 2. The highest BCUT2D eigenvalue weighted by molar-refractivity contribution is 5.85. The van der Waals surface area contributed by atoms with Crippen molar-refractivity contribution >= 4 is 24.1 Å². The van der Waals surface area contributed by atoms with Crippen molar-refractivity contribution in [3.05, 3.63) is 65.7 Å². The molecule has 0 aliphatic carbocycles. The van der Waals surface area contributed by atoms with Gasteiger partial charge in [-0.05, 0) is 47.5 Å². The Morgan fingerprint density at radius 1 is 0.846 bits per heavy atom.